The van der Waals surface area contributed by atoms with Crippen molar-refractivity contribution in [2.75, 3.05) is 10.6 Å². The molecule has 0 unspecified atom stereocenters. The zero-order valence-corrected chi connectivity index (χ0v) is 14.7. The largest absolute Gasteiger partial charge is 0.465 e. The molecule has 2 amide bonds. The lowest BCUT2D eigenvalue weighted by Crippen LogP contribution is -2.11. The zero-order valence-electron chi connectivity index (χ0n) is 14.7. The van der Waals surface area contributed by atoms with Crippen LogP contribution in [0.15, 0.2) is 87.9 Å². The van der Waals surface area contributed by atoms with Crippen molar-refractivity contribution in [3.05, 3.63) is 90.6 Å². The smallest absolute Gasteiger partial charge is 0.291 e. The highest BCUT2D eigenvalue weighted by Crippen LogP contribution is 2.20. The molecule has 0 atom stereocenters. The molecule has 0 aliphatic rings. The van der Waals surface area contributed by atoms with E-state index in [2.05, 4.69) is 10.6 Å². The fraction of sp³-hybridized carbons (Fsp3) is 0. The van der Waals surface area contributed by atoms with Crippen LogP contribution in [0.2, 0.25) is 0 Å². The number of hydrogen-bond acceptors (Lipinski definition) is 4. The maximum atomic E-state index is 12.4. The molecule has 6 heteroatoms. The first-order valence-electron chi connectivity index (χ1n) is 8.60. The predicted octanol–water partition coefficient (Wildman–Crippen LogP) is 4.93. The number of furan rings is 2. The molecule has 138 valence electrons. The summed E-state index contributed by atoms with van der Waals surface area (Å²) in [6, 6.07) is 19.4. The van der Waals surface area contributed by atoms with Gasteiger partial charge in [0.15, 0.2) is 5.76 Å². The molecule has 0 saturated carbocycles. The summed E-state index contributed by atoms with van der Waals surface area (Å²) in [5.41, 5.74) is 1.86. The lowest BCUT2D eigenvalue weighted by molar-refractivity contribution is -0.111. The van der Waals surface area contributed by atoms with E-state index in [1.807, 2.05) is 24.3 Å². The molecule has 2 aromatic heterocycles. The van der Waals surface area contributed by atoms with Gasteiger partial charge in [0, 0.05) is 22.8 Å². The van der Waals surface area contributed by atoms with Gasteiger partial charge in [0.05, 0.1) is 6.26 Å². The van der Waals surface area contributed by atoms with Gasteiger partial charge in [0.1, 0.15) is 11.3 Å². The summed E-state index contributed by atoms with van der Waals surface area (Å²) in [7, 11) is 0. The first kappa shape index (κ1) is 17.4. The van der Waals surface area contributed by atoms with Crippen molar-refractivity contribution < 1.29 is 18.4 Å². The van der Waals surface area contributed by atoms with Crippen LogP contribution in [0, 0.1) is 0 Å². The summed E-state index contributed by atoms with van der Waals surface area (Å²) >= 11 is 0. The second-order valence-electron chi connectivity index (χ2n) is 6.02. The molecule has 0 aliphatic heterocycles. The Kier molecular flexibility index (Phi) is 4.76. The van der Waals surface area contributed by atoms with Crippen LogP contribution in [-0.4, -0.2) is 11.8 Å². The van der Waals surface area contributed by atoms with Gasteiger partial charge in [-0.3, -0.25) is 9.59 Å². The van der Waals surface area contributed by atoms with Gasteiger partial charge in [-0.05, 0) is 54.6 Å². The summed E-state index contributed by atoms with van der Waals surface area (Å²) in [6.07, 6.45) is 4.50. The fourth-order valence-electron chi connectivity index (χ4n) is 2.65. The molecule has 4 aromatic rings. The number of carbonyl (C=O) groups is 2. The van der Waals surface area contributed by atoms with Gasteiger partial charge in [0.2, 0.25) is 5.91 Å². The van der Waals surface area contributed by atoms with E-state index in [0.717, 1.165) is 5.39 Å². The summed E-state index contributed by atoms with van der Waals surface area (Å²) in [6.45, 7) is 0. The molecule has 2 aromatic carbocycles. The molecule has 2 N–H and O–H groups in total. The van der Waals surface area contributed by atoms with Gasteiger partial charge in [-0.2, -0.15) is 0 Å². The Hall–Kier alpha value is -4.06. The van der Waals surface area contributed by atoms with Crippen LogP contribution >= 0.6 is 0 Å². The molecular weight excluding hydrogens is 356 g/mol. The molecule has 0 aliphatic carbocycles. The lowest BCUT2D eigenvalue weighted by atomic mass is 10.2. The van der Waals surface area contributed by atoms with Gasteiger partial charge in [0.25, 0.3) is 5.91 Å². The van der Waals surface area contributed by atoms with Crippen molar-refractivity contribution in [2.24, 2.45) is 0 Å². The Balaban J connectivity index is 1.37. The Labute approximate surface area is 160 Å². The van der Waals surface area contributed by atoms with Crippen LogP contribution in [0.5, 0.6) is 0 Å². The van der Waals surface area contributed by atoms with Crippen molar-refractivity contribution in [3.63, 3.8) is 0 Å². The molecule has 0 bridgehead atoms. The Morgan fingerprint density at radius 1 is 0.857 bits per heavy atom. The molecule has 0 radical (unpaired) electrons. The number of fused-ring (bicyclic) bond motifs is 1. The third-order valence-corrected chi connectivity index (χ3v) is 4.00. The topological polar surface area (TPSA) is 84.5 Å². The average Bonchev–Trinajstić information content (AvgIpc) is 3.37. The van der Waals surface area contributed by atoms with Gasteiger partial charge in [-0.25, -0.2) is 0 Å². The summed E-state index contributed by atoms with van der Waals surface area (Å²) < 4.78 is 10.7. The molecule has 4 rings (SSSR count). The van der Waals surface area contributed by atoms with E-state index in [9.17, 15) is 9.59 Å². The highest BCUT2D eigenvalue weighted by Gasteiger charge is 2.12. The van der Waals surface area contributed by atoms with Gasteiger partial charge < -0.3 is 19.5 Å². The van der Waals surface area contributed by atoms with Gasteiger partial charge in [-0.1, -0.05) is 18.2 Å². The molecule has 6 nitrogen and oxygen atoms in total. The molecule has 0 spiro atoms. The highest BCUT2D eigenvalue weighted by atomic mass is 16.3. The maximum Gasteiger partial charge on any atom is 0.291 e. The number of carbonyl (C=O) groups excluding carboxylic acids is 2. The minimum absolute atomic E-state index is 0.238. The number of amides is 2. The normalized spacial score (nSPS) is 11.0. The van der Waals surface area contributed by atoms with Crippen LogP contribution in [0.25, 0.3) is 17.0 Å². The fourth-order valence-corrected chi connectivity index (χ4v) is 2.65. The predicted molar refractivity (Wildman–Crippen MR) is 107 cm³/mol. The van der Waals surface area contributed by atoms with Crippen molar-refractivity contribution in [3.8, 4) is 0 Å². The van der Waals surface area contributed by atoms with E-state index in [-0.39, 0.29) is 17.6 Å². The minimum atomic E-state index is -0.339. The van der Waals surface area contributed by atoms with Crippen LogP contribution in [0.4, 0.5) is 11.4 Å². The van der Waals surface area contributed by atoms with E-state index in [4.69, 9.17) is 8.83 Å². The third-order valence-electron chi connectivity index (χ3n) is 4.00. The van der Waals surface area contributed by atoms with Crippen molar-refractivity contribution >= 4 is 40.2 Å². The highest BCUT2D eigenvalue weighted by molar-refractivity contribution is 6.05. The number of nitrogens with one attached hydrogen (secondary N) is 2. The van der Waals surface area contributed by atoms with Crippen molar-refractivity contribution in [1.29, 1.82) is 0 Å². The van der Waals surface area contributed by atoms with E-state index in [1.165, 1.54) is 12.3 Å². The first-order chi connectivity index (χ1) is 13.7. The third kappa shape index (κ3) is 4.02. The number of benzene rings is 2. The molecule has 0 fully saturated rings. The average molecular weight is 372 g/mol. The molecule has 2 heterocycles. The number of anilines is 2. The van der Waals surface area contributed by atoms with E-state index < -0.39 is 0 Å². The monoisotopic (exact) mass is 372 g/mol. The van der Waals surface area contributed by atoms with E-state index >= 15 is 0 Å². The number of hydrogen-bond donors (Lipinski definition) is 2. The van der Waals surface area contributed by atoms with E-state index in [1.54, 1.807) is 48.5 Å². The van der Waals surface area contributed by atoms with Crippen LogP contribution in [0.3, 0.4) is 0 Å². The zero-order chi connectivity index (χ0) is 19.3. The first-order valence-corrected chi connectivity index (χ1v) is 8.60. The van der Waals surface area contributed by atoms with Crippen molar-refractivity contribution in [1.82, 2.24) is 0 Å². The second-order valence-corrected chi connectivity index (χ2v) is 6.02. The lowest BCUT2D eigenvalue weighted by Gasteiger charge is -2.05. The molecule has 0 saturated heterocycles. The van der Waals surface area contributed by atoms with Crippen LogP contribution < -0.4 is 10.6 Å². The second kappa shape index (κ2) is 7.67. The maximum absolute atomic E-state index is 12.4. The number of rotatable bonds is 5. The SMILES string of the molecule is O=C(/C=C/c1ccco1)Nc1ccc(NC(=O)c2cc3ccccc3o2)cc1. The van der Waals surface area contributed by atoms with Gasteiger partial charge >= 0.3 is 0 Å². The number of para-hydroxylation sites is 1. The Morgan fingerprint density at radius 2 is 1.61 bits per heavy atom. The molecular formula is C22H16N2O4. The van der Waals surface area contributed by atoms with Crippen LogP contribution in [-0.2, 0) is 4.79 Å². The Morgan fingerprint density at radius 3 is 2.32 bits per heavy atom. The molecule has 28 heavy (non-hydrogen) atoms. The van der Waals surface area contributed by atoms with E-state index in [0.29, 0.717) is 22.7 Å². The van der Waals surface area contributed by atoms with Crippen molar-refractivity contribution in [2.45, 2.75) is 0 Å². The Bertz CT molecular complexity index is 1110. The van der Waals surface area contributed by atoms with Crippen LogP contribution in [0.1, 0.15) is 16.3 Å². The summed E-state index contributed by atoms with van der Waals surface area (Å²) in [5, 5.41) is 6.38. The quantitative estimate of drug-likeness (QED) is 0.487. The minimum Gasteiger partial charge on any atom is -0.465 e. The standard InChI is InChI=1S/C22H16N2O4/c25-21(12-11-18-5-3-13-27-18)23-16-7-9-17(10-8-16)24-22(26)20-14-15-4-1-2-6-19(15)28-20/h1-14H,(H,23,25)(H,24,26)/b12-11+. The van der Waals surface area contributed by atoms with Gasteiger partial charge in [-0.15, -0.1) is 0 Å². The summed E-state index contributed by atoms with van der Waals surface area (Å²) in [5.74, 6) is 0.213. The summed E-state index contributed by atoms with van der Waals surface area (Å²) in [4.78, 5) is 24.3.